The Morgan fingerprint density at radius 1 is 1.36 bits per heavy atom. The van der Waals surface area contributed by atoms with Crippen molar-refractivity contribution in [1.82, 2.24) is 14.8 Å². The molecule has 0 fully saturated rings. The van der Waals surface area contributed by atoms with Gasteiger partial charge in [0.1, 0.15) is 0 Å². The molecule has 1 N–H and O–H groups in total. The van der Waals surface area contributed by atoms with E-state index >= 15 is 0 Å². The summed E-state index contributed by atoms with van der Waals surface area (Å²) in [4.78, 5) is 23.8. The minimum Gasteiger partial charge on any atom is -0.469 e. The van der Waals surface area contributed by atoms with Gasteiger partial charge in [-0.3, -0.25) is 9.59 Å². The summed E-state index contributed by atoms with van der Waals surface area (Å²) in [5.74, 6) is 0.178. The van der Waals surface area contributed by atoms with E-state index in [0.717, 1.165) is 26.4 Å². The van der Waals surface area contributed by atoms with Crippen molar-refractivity contribution < 1.29 is 14.3 Å². The molecule has 0 saturated carbocycles. The molecule has 0 spiro atoms. The number of methoxy groups -OCH3 is 1. The van der Waals surface area contributed by atoms with Crippen molar-refractivity contribution in [3.8, 4) is 0 Å². The van der Waals surface area contributed by atoms with Crippen LogP contribution in [-0.4, -0.2) is 46.4 Å². The summed E-state index contributed by atoms with van der Waals surface area (Å²) in [5, 5.41) is 11.7. The van der Waals surface area contributed by atoms with Crippen molar-refractivity contribution in [1.29, 1.82) is 0 Å². The molecule has 0 saturated heterocycles. The van der Waals surface area contributed by atoms with Crippen molar-refractivity contribution in [2.75, 3.05) is 25.2 Å². The number of hydrogen-bond acceptors (Lipinski definition) is 8. The molecule has 0 bridgehead atoms. The standard InChI is InChI=1S/C16H22N4O3S2/c1-10-8-12(11(2)20(10)7-5-6-14(22)23-4)13(21)9-24-16-19-18-15(17-3)25-16/h8H,5-7,9H2,1-4H3,(H,17,18). The van der Waals surface area contributed by atoms with Crippen LogP contribution in [0.3, 0.4) is 0 Å². The number of ketones is 1. The van der Waals surface area contributed by atoms with Crippen LogP contribution >= 0.6 is 23.1 Å². The number of ether oxygens (including phenoxy) is 1. The van der Waals surface area contributed by atoms with E-state index in [1.165, 1.54) is 30.2 Å². The number of carbonyl (C=O) groups is 2. The number of anilines is 1. The van der Waals surface area contributed by atoms with Gasteiger partial charge < -0.3 is 14.6 Å². The lowest BCUT2D eigenvalue weighted by atomic mass is 10.2. The minimum atomic E-state index is -0.215. The molecule has 2 aromatic heterocycles. The van der Waals surface area contributed by atoms with Gasteiger partial charge in [0.15, 0.2) is 10.1 Å². The number of esters is 1. The van der Waals surface area contributed by atoms with Crippen LogP contribution < -0.4 is 5.32 Å². The number of Topliss-reactive ketones (excluding diaryl/α,β-unsaturated/α-hetero) is 1. The predicted octanol–water partition coefficient (Wildman–Crippen LogP) is 2.93. The zero-order valence-corrected chi connectivity index (χ0v) is 16.4. The van der Waals surface area contributed by atoms with Crippen LogP contribution in [0.5, 0.6) is 0 Å². The highest BCUT2D eigenvalue weighted by Gasteiger charge is 2.17. The highest BCUT2D eigenvalue weighted by Crippen LogP contribution is 2.26. The Morgan fingerprint density at radius 3 is 2.76 bits per heavy atom. The molecule has 7 nitrogen and oxygen atoms in total. The van der Waals surface area contributed by atoms with Gasteiger partial charge in [0.05, 0.1) is 12.9 Å². The Kier molecular flexibility index (Phi) is 7.01. The van der Waals surface area contributed by atoms with Gasteiger partial charge in [0.2, 0.25) is 5.13 Å². The molecule has 0 aromatic carbocycles. The lowest BCUT2D eigenvalue weighted by molar-refractivity contribution is -0.140. The second-order valence-corrected chi connectivity index (χ2v) is 7.65. The summed E-state index contributed by atoms with van der Waals surface area (Å²) in [6.07, 6.45) is 1.06. The fourth-order valence-corrected chi connectivity index (χ4v) is 4.07. The van der Waals surface area contributed by atoms with E-state index in [2.05, 4.69) is 24.8 Å². The van der Waals surface area contributed by atoms with E-state index in [0.29, 0.717) is 25.1 Å². The number of aromatic nitrogens is 3. The fourth-order valence-electron chi connectivity index (χ4n) is 2.49. The topological polar surface area (TPSA) is 86.1 Å². The van der Waals surface area contributed by atoms with Crippen molar-refractivity contribution in [3.05, 3.63) is 23.0 Å². The summed E-state index contributed by atoms with van der Waals surface area (Å²) in [7, 11) is 3.18. The number of nitrogens with one attached hydrogen (secondary N) is 1. The van der Waals surface area contributed by atoms with Gasteiger partial charge in [0.25, 0.3) is 0 Å². The normalized spacial score (nSPS) is 10.7. The van der Waals surface area contributed by atoms with Crippen molar-refractivity contribution in [2.45, 2.75) is 37.6 Å². The molecule has 0 aliphatic rings. The number of thioether (sulfide) groups is 1. The van der Waals surface area contributed by atoms with Gasteiger partial charge in [-0.25, -0.2) is 0 Å². The smallest absolute Gasteiger partial charge is 0.305 e. The molecule has 136 valence electrons. The zero-order chi connectivity index (χ0) is 18.4. The molecule has 0 amide bonds. The molecule has 9 heteroatoms. The van der Waals surface area contributed by atoms with Crippen LogP contribution in [0.4, 0.5) is 5.13 Å². The Bertz CT molecular complexity index is 755. The molecular formula is C16H22N4O3S2. The molecule has 2 aromatic rings. The first kappa shape index (κ1) is 19.5. The second kappa shape index (κ2) is 9.00. The van der Waals surface area contributed by atoms with Crippen LogP contribution in [0, 0.1) is 13.8 Å². The van der Waals surface area contributed by atoms with Gasteiger partial charge in [-0.1, -0.05) is 23.1 Å². The Hall–Kier alpha value is -1.87. The first-order valence-corrected chi connectivity index (χ1v) is 9.67. The SMILES string of the molecule is CNc1nnc(SCC(=O)c2cc(C)n(CCCC(=O)OC)c2C)s1. The molecule has 0 unspecified atom stereocenters. The molecule has 0 radical (unpaired) electrons. The molecular weight excluding hydrogens is 360 g/mol. The number of hydrogen-bond donors (Lipinski definition) is 1. The van der Waals surface area contributed by atoms with E-state index in [4.69, 9.17) is 0 Å². The third-order valence-corrected chi connectivity index (χ3v) is 5.89. The van der Waals surface area contributed by atoms with Gasteiger partial charge in [-0.2, -0.15) is 0 Å². The lowest BCUT2D eigenvalue weighted by Gasteiger charge is -2.09. The zero-order valence-electron chi connectivity index (χ0n) is 14.8. The number of aryl methyl sites for hydroxylation is 1. The second-order valence-electron chi connectivity index (χ2n) is 5.45. The molecule has 2 heterocycles. The van der Waals surface area contributed by atoms with Gasteiger partial charge in [0, 0.05) is 37.0 Å². The van der Waals surface area contributed by atoms with E-state index in [1.54, 1.807) is 7.05 Å². The number of rotatable bonds is 9. The lowest BCUT2D eigenvalue weighted by Crippen LogP contribution is -2.08. The number of nitrogens with zero attached hydrogens (tertiary/aromatic N) is 3. The summed E-state index contributed by atoms with van der Waals surface area (Å²) in [6.45, 7) is 4.60. The third kappa shape index (κ3) is 5.05. The maximum Gasteiger partial charge on any atom is 0.305 e. The molecule has 2 rings (SSSR count). The van der Waals surface area contributed by atoms with E-state index in [9.17, 15) is 9.59 Å². The maximum absolute atomic E-state index is 12.5. The Balaban J connectivity index is 1.97. The Morgan fingerprint density at radius 2 is 2.12 bits per heavy atom. The van der Waals surface area contributed by atoms with E-state index in [1.807, 2.05) is 19.9 Å². The van der Waals surface area contributed by atoms with Crippen LogP contribution in [0.1, 0.15) is 34.6 Å². The Labute approximate surface area is 155 Å². The summed E-state index contributed by atoms with van der Waals surface area (Å²) in [6, 6.07) is 1.91. The van der Waals surface area contributed by atoms with Crippen LogP contribution in [0.15, 0.2) is 10.4 Å². The largest absolute Gasteiger partial charge is 0.469 e. The predicted molar refractivity (Wildman–Crippen MR) is 99.7 cm³/mol. The summed E-state index contributed by atoms with van der Waals surface area (Å²) in [5.41, 5.74) is 2.67. The maximum atomic E-state index is 12.5. The quantitative estimate of drug-likeness (QED) is 0.405. The average Bonchev–Trinajstić information content (AvgIpc) is 3.18. The van der Waals surface area contributed by atoms with Crippen molar-refractivity contribution >= 4 is 40.0 Å². The molecule has 25 heavy (non-hydrogen) atoms. The van der Waals surface area contributed by atoms with Crippen molar-refractivity contribution in [3.63, 3.8) is 0 Å². The van der Waals surface area contributed by atoms with Crippen molar-refractivity contribution in [2.24, 2.45) is 0 Å². The molecule has 0 aliphatic carbocycles. The monoisotopic (exact) mass is 382 g/mol. The van der Waals surface area contributed by atoms with E-state index < -0.39 is 0 Å². The summed E-state index contributed by atoms with van der Waals surface area (Å²) < 4.78 is 7.50. The van der Waals surface area contributed by atoms with Gasteiger partial charge in [-0.15, -0.1) is 10.2 Å². The van der Waals surface area contributed by atoms with Gasteiger partial charge >= 0.3 is 5.97 Å². The van der Waals surface area contributed by atoms with Crippen LogP contribution in [-0.2, 0) is 16.1 Å². The highest BCUT2D eigenvalue weighted by molar-refractivity contribution is 8.01. The van der Waals surface area contributed by atoms with E-state index in [-0.39, 0.29) is 11.8 Å². The minimum absolute atomic E-state index is 0.0681. The highest BCUT2D eigenvalue weighted by atomic mass is 32.2. The number of carbonyl (C=O) groups excluding carboxylic acids is 2. The first-order chi connectivity index (χ1) is 12.0. The van der Waals surface area contributed by atoms with Gasteiger partial charge in [-0.05, 0) is 26.3 Å². The fraction of sp³-hybridized carbons (Fsp3) is 0.500. The third-order valence-electron chi connectivity index (χ3n) is 3.81. The molecule has 0 atom stereocenters. The first-order valence-electron chi connectivity index (χ1n) is 7.87. The van der Waals surface area contributed by atoms with Crippen LogP contribution in [0.25, 0.3) is 0 Å². The van der Waals surface area contributed by atoms with Crippen LogP contribution in [0.2, 0.25) is 0 Å². The molecule has 0 aliphatic heterocycles. The summed E-state index contributed by atoms with van der Waals surface area (Å²) >= 11 is 2.82. The average molecular weight is 383 g/mol.